The van der Waals surface area contributed by atoms with Crippen molar-refractivity contribution in [3.8, 4) is 11.5 Å². The van der Waals surface area contributed by atoms with E-state index in [1.54, 1.807) is 25.3 Å². The average molecular weight is 195 g/mol. The van der Waals surface area contributed by atoms with Crippen molar-refractivity contribution in [2.45, 2.75) is 6.10 Å². The molecular weight excluding hydrogens is 182 g/mol. The maximum Gasteiger partial charge on any atom is 0.163 e. The lowest BCUT2D eigenvalue weighted by Gasteiger charge is -2.09. The highest BCUT2D eigenvalue weighted by Gasteiger charge is 2.23. The van der Waals surface area contributed by atoms with Crippen LogP contribution >= 0.6 is 0 Å². The maximum atomic E-state index is 5.64. The Morgan fingerprint density at radius 1 is 1.50 bits per heavy atom. The maximum absolute atomic E-state index is 5.64. The van der Waals surface area contributed by atoms with Gasteiger partial charge in [0.2, 0.25) is 0 Å². The standard InChI is InChI=1S/C10H13NO3/c1-12-9-3-2-7(11)4-10(9)14-6-8-5-13-8/h2-4,8H,5-6,11H2,1H3. The first-order chi connectivity index (χ1) is 6.79. The van der Waals surface area contributed by atoms with Crippen molar-refractivity contribution < 1.29 is 14.2 Å². The molecule has 2 rings (SSSR count). The molecule has 76 valence electrons. The van der Waals surface area contributed by atoms with Crippen LogP contribution in [0.5, 0.6) is 11.5 Å². The molecule has 0 aromatic heterocycles. The minimum absolute atomic E-state index is 0.237. The van der Waals surface area contributed by atoms with Crippen molar-refractivity contribution in [3.63, 3.8) is 0 Å². The number of hydrogen-bond donors (Lipinski definition) is 1. The predicted molar refractivity (Wildman–Crippen MR) is 52.6 cm³/mol. The van der Waals surface area contributed by atoms with Gasteiger partial charge in [-0.05, 0) is 12.1 Å². The van der Waals surface area contributed by atoms with Crippen LogP contribution in [0.15, 0.2) is 18.2 Å². The smallest absolute Gasteiger partial charge is 0.163 e. The number of ether oxygens (including phenoxy) is 3. The van der Waals surface area contributed by atoms with Gasteiger partial charge in [-0.15, -0.1) is 0 Å². The van der Waals surface area contributed by atoms with E-state index in [4.69, 9.17) is 19.9 Å². The second-order valence-corrected chi connectivity index (χ2v) is 3.18. The lowest BCUT2D eigenvalue weighted by molar-refractivity contribution is 0.252. The fraction of sp³-hybridized carbons (Fsp3) is 0.400. The first-order valence-corrected chi connectivity index (χ1v) is 4.47. The highest BCUT2D eigenvalue weighted by Crippen LogP contribution is 2.29. The van der Waals surface area contributed by atoms with Crippen molar-refractivity contribution in [1.82, 2.24) is 0 Å². The predicted octanol–water partition coefficient (Wildman–Crippen LogP) is 1.05. The van der Waals surface area contributed by atoms with Gasteiger partial charge in [0.15, 0.2) is 11.5 Å². The molecule has 4 heteroatoms. The number of hydrogen-bond acceptors (Lipinski definition) is 4. The highest BCUT2D eigenvalue weighted by atomic mass is 16.6. The molecule has 1 atom stereocenters. The van der Waals surface area contributed by atoms with Crippen molar-refractivity contribution in [3.05, 3.63) is 18.2 Å². The Balaban J connectivity index is 2.07. The van der Waals surface area contributed by atoms with Gasteiger partial charge in [-0.2, -0.15) is 0 Å². The Morgan fingerprint density at radius 2 is 2.29 bits per heavy atom. The zero-order valence-electron chi connectivity index (χ0n) is 8.03. The highest BCUT2D eigenvalue weighted by molar-refractivity contribution is 5.51. The quantitative estimate of drug-likeness (QED) is 0.576. The molecular formula is C10H13NO3. The first-order valence-electron chi connectivity index (χ1n) is 4.47. The van der Waals surface area contributed by atoms with E-state index in [1.165, 1.54) is 0 Å². The summed E-state index contributed by atoms with van der Waals surface area (Å²) in [5, 5.41) is 0. The summed E-state index contributed by atoms with van der Waals surface area (Å²) in [5.41, 5.74) is 6.30. The van der Waals surface area contributed by atoms with Crippen LogP contribution in [0.3, 0.4) is 0 Å². The van der Waals surface area contributed by atoms with E-state index < -0.39 is 0 Å². The molecule has 2 N–H and O–H groups in total. The summed E-state index contributed by atoms with van der Waals surface area (Å²) in [6.07, 6.45) is 0.237. The average Bonchev–Trinajstić information content (AvgIpc) is 2.98. The molecule has 1 heterocycles. The van der Waals surface area contributed by atoms with Crippen molar-refractivity contribution in [1.29, 1.82) is 0 Å². The van der Waals surface area contributed by atoms with Crippen molar-refractivity contribution in [2.24, 2.45) is 0 Å². The van der Waals surface area contributed by atoms with E-state index in [-0.39, 0.29) is 6.10 Å². The third-order valence-electron chi connectivity index (χ3n) is 2.01. The fourth-order valence-electron chi connectivity index (χ4n) is 1.15. The topological polar surface area (TPSA) is 57.0 Å². The van der Waals surface area contributed by atoms with Gasteiger partial charge in [0.25, 0.3) is 0 Å². The number of nitrogens with two attached hydrogens (primary N) is 1. The van der Waals surface area contributed by atoms with E-state index in [0.29, 0.717) is 23.8 Å². The SMILES string of the molecule is COc1ccc(N)cc1OCC1CO1. The number of methoxy groups -OCH3 is 1. The van der Waals surface area contributed by atoms with Crippen LogP contribution in [0.1, 0.15) is 0 Å². The monoisotopic (exact) mass is 195 g/mol. The van der Waals surface area contributed by atoms with Gasteiger partial charge in [0.05, 0.1) is 13.7 Å². The Kier molecular flexibility index (Phi) is 2.45. The van der Waals surface area contributed by atoms with Crippen LogP contribution in [0.4, 0.5) is 5.69 Å². The molecule has 1 aromatic carbocycles. The summed E-state index contributed by atoms with van der Waals surface area (Å²) in [6, 6.07) is 5.32. The zero-order valence-corrected chi connectivity index (χ0v) is 8.03. The summed E-state index contributed by atoms with van der Waals surface area (Å²) < 4.78 is 15.7. The molecule has 0 amide bonds. The Bertz CT molecular complexity index is 323. The number of rotatable bonds is 4. The van der Waals surface area contributed by atoms with E-state index >= 15 is 0 Å². The van der Waals surface area contributed by atoms with Gasteiger partial charge in [-0.3, -0.25) is 0 Å². The number of epoxide rings is 1. The van der Waals surface area contributed by atoms with Crippen LogP contribution < -0.4 is 15.2 Å². The molecule has 1 fully saturated rings. The van der Waals surface area contributed by atoms with Crippen LogP contribution in [0.25, 0.3) is 0 Å². The van der Waals surface area contributed by atoms with Gasteiger partial charge in [-0.1, -0.05) is 0 Å². The second-order valence-electron chi connectivity index (χ2n) is 3.18. The Hall–Kier alpha value is -1.42. The van der Waals surface area contributed by atoms with E-state index in [2.05, 4.69) is 0 Å². The van der Waals surface area contributed by atoms with Crippen LogP contribution in [0, 0.1) is 0 Å². The molecule has 1 aliphatic rings. The largest absolute Gasteiger partial charge is 0.493 e. The van der Waals surface area contributed by atoms with E-state index in [0.717, 1.165) is 6.61 Å². The zero-order chi connectivity index (χ0) is 9.97. The number of anilines is 1. The molecule has 0 bridgehead atoms. The second kappa shape index (κ2) is 3.75. The normalized spacial score (nSPS) is 19.1. The summed E-state index contributed by atoms with van der Waals surface area (Å²) in [6.45, 7) is 1.34. The van der Waals surface area contributed by atoms with Crippen LogP contribution in [-0.2, 0) is 4.74 Å². The minimum atomic E-state index is 0.237. The van der Waals surface area contributed by atoms with Gasteiger partial charge >= 0.3 is 0 Å². The molecule has 0 radical (unpaired) electrons. The number of benzene rings is 1. The van der Waals surface area contributed by atoms with Crippen molar-refractivity contribution in [2.75, 3.05) is 26.1 Å². The van der Waals surface area contributed by atoms with Gasteiger partial charge in [0.1, 0.15) is 12.7 Å². The third kappa shape index (κ3) is 2.09. The number of nitrogen functional groups attached to an aromatic ring is 1. The molecule has 1 aromatic rings. The van der Waals surface area contributed by atoms with Crippen molar-refractivity contribution >= 4 is 5.69 Å². The molecule has 0 aliphatic carbocycles. The molecule has 1 saturated heterocycles. The minimum Gasteiger partial charge on any atom is -0.493 e. The van der Waals surface area contributed by atoms with E-state index in [1.807, 2.05) is 0 Å². The van der Waals surface area contributed by atoms with Crippen LogP contribution in [-0.4, -0.2) is 26.4 Å². The van der Waals surface area contributed by atoms with E-state index in [9.17, 15) is 0 Å². The molecule has 14 heavy (non-hydrogen) atoms. The molecule has 4 nitrogen and oxygen atoms in total. The fourth-order valence-corrected chi connectivity index (χ4v) is 1.15. The molecule has 1 unspecified atom stereocenters. The molecule has 0 spiro atoms. The molecule has 1 aliphatic heterocycles. The van der Waals surface area contributed by atoms with Crippen LogP contribution in [0.2, 0.25) is 0 Å². The summed E-state index contributed by atoms with van der Waals surface area (Å²) in [4.78, 5) is 0. The third-order valence-corrected chi connectivity index (χ3v) is 2.01. The first kappa shape index (κ1) is 9.15. The lowest BCUT2D eigenvalue weighted by Crippen LogP contribution is -2.05. The lowest BCUT2D eigenvalue weighted by atomic mass is 10.3. The Labute approximate surface area is 82.6 Å². The summed E-state index contributed by atoms with van der Waals surface area (Å²) in [5.74, 6) is 1.36. The Morgan fingerprint density at radius 3 is 2.93 bits per heavy atom. The molecule has 0 saturated carbocycles. The van der Waals surface area contributed by atoms with Gasteiger partial charge in [0, 0.05) is 11.8 Å². The summed E-state index contributed by atoms with van der Waals surface area (Å²) in [7, 11) is 1.60. The van der Waals surface area contributed by atoms with Gasteiger partial charge in [-0.25, -0.2) is 0 Å². The van der Waals surface area contributed by atoms with Gasteiger partial charge < -0.3 is 19.9 Å². The summed E-state index contributed by atoms with van der Waals surface area (Å²) >= 11 is 0.